The number of alkyl halides is 3. The zero-order valence-corrected chi connectivity index (χ0v) is 19.6. The molecule has 0 N–H and O–H groups in total. The van der Waals surface area contributed by atoms with Crippen LogP contribution >= 0.6 is 0 Å². The van der Waals surface area contributed by atoms with Crippen LogP contribution in [-0.4, -0.2) is 39.3 Å². The van der Waals surface area contributed by atoms with Gasteiger partial charge >= 0.3 is 6.18 Å². The summed E-state index contributed by atoms with van der Waals surface area (Å²) < 4.78 is 69.6. The van der Waals surface area contributed by atoms with Crippen LogP contribution in [0.25, 0.3) is 11.1 Å². The summed E-state index contributed by atoms with van der Waals surface area (Å²) in [4.78, 5) is 1.92. The van der Waals surface area contributed by atoms with Crippen molar-refractivity contribution in [1.82, 2.24) is 4.90 Å². The van der Waals surface area contributed by atoms with Crippen LogP contribution in [-0.2, 0) is 22.6 Å². The van der Waals surface area contributed by atoms with E-state index in [0.29, 0.717) is 19.5 Å². The number of ether oxygens (including phenoxy) is 1. The monoisotopic (exact) mass is 489 g/mol. The lowest BCUT2D eigenvalue weighted by atomic mass is 10.0. The number of hydrogen-bond acceptors (Lipinski definition) is 4. The van der Waals surface area contributed by atoms with Gasteiger partial charge < -0.3 is 4.74 Å². The smallest absolute Gasteiger partial charge is 0.416 e. The second-order valence-electron chi connectivity index (χ2n) is 8.62. The molecule has 4 nitrogen and oxygen atoms in total. The molecule has 180 valence electrons. The second kappa shape index (κ2) is 9.80. The van der Waals surface area contributed by atoms with E-state index >= 15 is 0 Å². The van der Waals surface area contributed by atoms with Crippen molar-refractivity contribution in [3.05, 3.63) is 83.9 Å². The summed E-state index contributed by atoms with van der Waals surface area (Å²) in [6.07, 6.45) is -3.87. The molecule has 4 rings (SSSR count). The third kappa shape index (κ3) is 5.80. The maximum absolute atomic E-state index is 13.0. The number of nitrogens with zero attached hydrogens (tertiary/aromatic N) is 1. The summed E-state index contributed by atoms with van der Waals surface area (Å²) in [5.41, 5.74) is 2.37. The molecule has 1 fully saturated rings. The predicted molar refractivity (Wildman–Crippen MR) is 125 cm³/mol. The molecular formula is C26H26F3NO3S. The van der Waals surface area contributed by atoms with E-state index in [-0.39, 0.29) is 16.6 Å². The van der Waals surface area contributed by atoms with Gasteiger partial charge in [0.1, 0.15) is 5.75 Å². The summed E-state index contributed by atoms with van der Waals surface area (Å²) >= 11 is 0. The van der Waals surface area contributed by atoms with Gasteiger partial charge in [-0.1, -0.05) is 42.5 Å². The van der Waals surface area contributed by atoms with Crippen molar-refractivity contribution in [2.45, 2.75) is 24.0 Å². The minimum absolute atomic E-state index is 0.113. The molecule has 1 heterocycles. The van der Waals surface area contributed by atoms with Crippen molar-refractivity contribution in [3.63, 3.8) is 0 Å². The Hall–Kier alpha value is -2.84. The molecule has 8 heteroatoms. The van der Waals surface area contributed by atoms with Crippen LogP contribution in [0.2, 0.25) is 0 Å². The van der Waals surface area contributed by atoms with E-state index in [0.717, 1.165) is 47.2 Å². The molecule has 0 aliphatic carbocycles. The molecule has 1 aliphatic rings. The van der Waals surface area contributed by atoms with Crippen LogP contribution in [0.15, 0.2) is 77.7 Å². The fourth-order valence-corrected chi connectivity index (χ4v) is 5.99. The van der Waals surface area contributed by atoms with Gasteiger partial charge in [0.25, 0.3) is 0 Å². The lowest BCUT2D eigenvalue weighted by Gasteiger charge is -2.17. The first-order valence-electron chi connectivity index (χ1n) is 11.0. The molecule has 1 atom stereocenters. The fourth-order valence-electron chi connectivity index (χ4n) is 4.31. The van der Waals surface area contributed by atoms with Crippen molar-refractivity contribution >= 4 is 9.84 Å². The number of rotatable bonds is 7. The SMILES string of the molecule is COc1ccc(-c2ccc(CN3CC[C@@H](CS(=O)(=O)c4cccc(C(F)(F)F)c4)C3)cc2)cc1. The molecule has 0 saturated carbocycles. The van der Waals surface area contributed by atoms with Crippen molar-refractivity contribution in [2.24, 2.45) is 5.92 Å². The molecule has 0 unspecified atom stereocenters. The molecule has 3 aromatic carbocycles. The minimum atomic E-state index is -4.57. The number of hydrogen-bond donors (Lipinski definition) is 0. The van der Waals surface area contributed by atoms with E-state index in [1.165, 1.54) is 6.07 Å². The Morgan fingerprint density at radius 1 is 0.971 bits per heavy atom. The van der Waals surface area contributed by atoms with Crippen molar-refractivity contribution in [1.29, 1.82) is 0 Å². The standard InChI is InChI=1S/C26H26F3NO3S/c1-33-24-11-9-22(10-12-24)21-7-5-19(6-8-21)16-30-14-13-20(17-30)18-34(31,32)25-4-2-3-23(15-25)26(27,28)29/h2-12,15,20H,13-14,16-18H2,1H3/t20-/m1/s1. The Bertz CT molecular complexity index is 1220. The molecule has 0 radical (unpaired) electrons. The van der Waals surface area contributed by atoms with Crippen molar-refractivity contribution in [3.8, 4) is 16.9 Å². The van der Waals surface area contributed by atoms with Gasteiger partial charge in [0.05, 0.1) is 23.3 Å². The van der Waals surface area contributed by atoms with Gasteiger partial charge in [0.15, 0.2) is 9.84 Å². The molecule has 0 aromatic heterocycles. The van der Waals surface area contributed by atoms with E-state index in [9.17, 15) is 21.6 Å². The van der Waals surface area contributed by atoms with E-state index in [1.54, 1.807) is 7.11 Å². The molecule has 3 aromatic rings. The maximum atomic E-state index is 13.0. The minimum Gasteiger partial charge on any atom is -0.497 e. The Balaban J connectivity index is 1.35. The van der Waals surface area contributed by atoms with Crippen LogP contribution in [0.3, 0.4) is 0 Å². The van der Waals surface area contributed by atoms with E-state index in [4.69, 9.17) is 4.74 Å². The number of sulfone groups is 1. The zero-order chi connectivity index (χ0) is 24.3. The first-order valence-corrected chi connectivity index (χ1v) is 12.6. The van der Waals surface area contributed by atoms with Gasteiger partial charge in [0.2, 0.25) is 0 Å². The molecule has 0 amide bonds. The summed E-state index contributed by atoms with van der Waals surface area (Å²) in [6.45, 7) is 2.05. The highest BCUT2D eigenvalue weighted by atomic mass is 32.2. The van der Waals surface area contributed by atoms with Crippen LogP contribution in [0.5, 0.6) is 5.75 Å². The first-order chi connectivity index (χ1) is 16.1. The lowest BCUT2D eigenvalue weighted by molar-refractivity contribution is -0.137. The van der Waals surface area contributed by atoms with Crippen LogP contribution < -0.4 is 4.74 Å². The first kappa shape index (κ1) is 24.3. The van der Waals surface area contributed by atoms with Gasteiger partial charge in [-0.2, -0.15) is 13.2 Å². The molecule has 34 heavy (non-hydrogen) atoms. The predicted octanol–water partition coefficient (Wildman–Crippen LogP) is 5.68. The van der Waals surface area contributed by atoms with Crippen LogP contribution in [0, 0.1) is 5.92 Å². The molecule has 1 saturated heterocycles. The van der Waals surface area contributed by atoms with Gasteiger partial charge in [-0.15, -0.1) is 0 Å². The normalized spacial score (nSPS) is 17.1. The third-order valence-electron chi connectivity index (χ3n) is 6.13. The lowest BCUT2D eigenvalue weighted by Crippen LogP contribution is -2.23. The molecule has 0 bridgehead atoms. The third-order valence-corrected chi connectivity index (χ3v) is 8.01. The molecule has 1 aliphatic heterocycles. The Morgan fingerprint density at radius 3 is 2.24 bits per heavy atom. The quantitative estimate of drug-likeness (QED) is 0.429. The number of halogens is 3. The van der Waals surface area contributed by atoms with E-state index in [2.05, 4.69) is 29.2 Å². The van der Waals surface area contributed by atoms with E-state index < -0.39 is 21.6 Å². The average Bonchev–Trinajstić information content (AvgIpc) is 3.25. The maximum Gasteiger partial charge on any atom is 0.416 e. The second-order valence-corrected chi connectivity index (χ2v) is 10.7. The largest absolute Gasteiger partial charge is 0.497 e. The van der Waals surface area contributed by atoms with Crippen molar-refractivity contribution < 1.29 is 26.3 Å². The summed E-state index contributed by atoms with van der Waals surface area (Å²) in [5.74, 6) is 0.540. The highest BCUT2D eigenvalue weighted by Gasteiger charge is 2.33. The van der Waals surface area contributed by atoms with Crippen LogP contribution in [0.4, 0.5) is 13.2 Å². The van der Waals surface area contributed by atoms with Gasteiger partial charge in [-0.25, -0.2) is 8.42 Å². The fraction of sp³-hybridized carbons (Fsp3) is 0.308. The molecular weight excluding hydrogens is 463 g/mol. The van der Waals surface area contributed by atoms with E-state index in [1.807, 2.05) is 24.3 Å². The van der Waals surface area contributed by atoms with Crippen molar-refractivity contribution in [2.75, 3.05) is 26.0 Å². The average molecular weight is 490 g/mol. The number of benzene rings is 3. The Labute approximate surface area is 197 Å². The van der Waals surface area contributed by atoms with Crippen LogP contribution in [0.1, 0.15) is 17.5 Å². The van der Waals surface area contributed by atoms with Gasteiger partial charge in [0, 0.05) is 13.1 Å². The summed E-state index contributed by atoms with van der Waals surface area (Å²) in [7, 11) is -2.17. The zero-order valence-electron chi connectivity index (χ0n) is 18.8. The van der Waals surface area contributed by atoms with Gasteiger partial charge in [-0.3, -0.25) is 4.90 Å². The summed E-state index contributed by atoms with van der Waals surface area (Å²) in [5, 5.41) is 0. The molecule has 0 spiro atoms. The number of methoxy groups -OCH3 is 1. The van der Waals surface area contributed by atoms with Gasteiger partial charge in [-0.05, 0) is 65.9 Å². The number of likely N-dealkylation sites (tertiary alicyclic amines) is 1. The highest BCUT2D eigenvalue weighted by molar-refractivity contribution is 7.91. The Kier molecular flexibility index (Phi) is 7.00. The highest BCUT2D eigenvalue weighted by Crippen LogP contribution is 2.31. The Morgan fingerprint density at radius 2 is 1.62 bits per heavy atom. The summed E-state index contributed by atoms with van der Waals surface area (Å²) in [6, 6.07) is 20.1. The topological polar surface area (TPSA) is 46.6 Å².